The van der Waals surface area contributed by atoms with Crippen LogP contribution in [0.25, 0.3) is 0 Å². The average molecular weight is 243 g/mol. The van der Waals surface area contributed by atoms with Crippen molar-refractivity contribution in [3.63, 3.8) is 0 Å². The summed E-state index contributed by atoms with van der Waals surface area (Å²) in [5.41, 5.74) is 0.923. The highest BCUT2D eigenvalue weighted by atomic mass is 16.1. The third-order valence-corrected chi connectivity index (χ3v) is 4.55. The predicted molar refractivity (Wildman–Crippen MR) is 72.4 cm³/mol. The fourth-order valence-electron chi connectivity index (χ4n) is 3.65. The van der Waals surface area contributed by atoms with Crippen LogP contribution >= 0.6 is 0 Å². The predicted octanol–water partition coefficient (Wildman–Crippen LogP) is 3.12. The number of Topliss-reactive ketones (excluding diaryl/α,β-unsaturated/α-hetero) is 1. The van der Waals surface area contributed by atoms with E-state index in [0.29, 0.717) is 5.78 Å². The Bertz CT molecular complexity index is 422. The van der Waals surface area contributed by atoms with Gasteiger partial charge in [-0.2, -0.15) is 0 Å². The zero-order valence-corrected chi connectivity index (χ0v) is 10.9. The summed E-state index contributed by atoms with van der Waals surface area (Å²) in [5.74, 6) is 0.446. The number of rotatable bonds is 2. The number of likely N-dealkylation sites (tertiary alicyclic amines) is 1. The fraction of sp³-hybridized carbons (Fsp3) is 0.562. The first-order valence-corrected chi connectivity index (χ1v) is 7.18. The van der Waals surface area contributed by atoms with E-state index in [9.17, 15) is 4.79 Å². The van der Waals surface area contributed by atoms with Crippen molar-refractivity contribution < 1.29 is 4.79 Å². The minimum absolute atomic E-state index is 0.296. The van der Waals surface area contributed by atoms with Gasteiger partial charge >= 0.3 is 0 Å². The summed E-state index contributed by atoms with van der Waals surface area (Å²) in [6.07, 6.45) is 6.49. The van der Waals surface area contributed by atoms with E-state index in [1.165, 1.54) is 24.8 Å². The molecule has 1 aliphatic heterocycles. The number of nitrogens with zero attached hydrogens (tertiary/aromatic N) is 1. The van der Waals surface area contributed by atoms with Crippen molar-refractivity contribution in [2.45, 2.75) is 44.1 Å². The molecule has 3 rings (SSSR count). The largest absolute Gasteiger partial charge is 0.297 e. The molecule has 1 saturated carbocycles. The van der Waals surface area contributed by atoms with Gasteiger partial charge in [0, 0.05) is 6.42 Å². The first kappa shape index (κ1) is 11.9. The molecular formula is C16H21NO. The minimum Gasteiger partial charge on any atom is -0.297 e. The highest BCUT2D eigenvalue weighted by Crippen LogP contribution is 2.41. The van der Waals surface area contributed by atoms with Crippen LogP contribution in [0.15, 0.2) is 30.3 Å². The lowest BCUT2D eigenvalue weighted by Gasteiger charge is -2.43. The Labute approximate surface area is 109 Å². The second-order valence-corrected chi connectivity index (χ2v) is 5.55. The van der Waals surface area contributed by atoms with Gasteiger partial charge in [-0.1, -0.05) is 36.8 Å². The number of hydrogen-bond acceptors (Lipinski definition) is 2. The van der Waals surface area contributed by atoms with Crippen LogP contribution in [0, 0.1) is 0 Å². The fourth-order valence-corrected chi connectivity index (χ4v) is 3.65. The number of ketones is 1. The van der Waals surface area contributed by atoms with E-state index in [0.717, 1.165) is 32.4 Å². The number of hydrogen-bond donors (Lipinski definition) is 0. The van der Waals surface area contributed by atoms with Gasteiger partial charge in [-0.05, 0) is 44.3 Å². The highest BCUT2D eigenvalue weighted by Gasteiger charge is 2.46. The molecule has 0 spiro atoms. The van der Waals surface area contributed by atoms with E-state index in [-0.39, 0.29) is 5.54 Å². The number of benzene rings is 1. The number of carbonyl (C=O) groups excluding carboxylic acids is 1. The zero-order valence-electron chi connectivity index (χ0n) is 10.9. The first-order valence-electron chi connectivity index (χ1n) is 7.18. The van der Waals surface area contributed by atoms with E-state index < -0.39 is 0 Å². The SMILES string of the molecule is O=C1CCCC[C@@]1(c1ccccc1)N1CCCC1. The Balaban J connectivity index is 2.04. The van der Waals surface area contributed by atoms with Crippen molar-refractivity contribution in [1.29, 1.82) is 0 Å². The summed E-state index contributed by atoms with van der Waals surface area (Å²) in [4.78, 5) is 15.1. The van der Waals surface area contributed by atoms with Gasteiger partial charge in [0.2, 0.25) is 0 Å². The molecule has 0 N–H and O–H groups in total. The third-order valence-electron chi connectivity index (χ3n) is 4.55. The quantitative estimate of drug-likeness (QED) is 0.795. The van der Waals surface area contributed by atoms with Crippen molar-refractivity contribution in [3.8, 4) is 0 Å². The van der Waals surface area contributed by atoms with Crippen LogP contribution in [0.2, 0.25) is 0 Å². The molecule has 2 heteroatoms. The summed E-state index contributed by atoms with van der Waals surface area (Å²) < 4.78 is 0. The topological polar surface area (TPSA) is 20.3 Å². The van der Waals surface area contributed by atoms with Gasteiger partial charge in [0.25, 0.3) is 0 Å². The molecule has 0 unspecified atom stereocenters. The molecule has 1 aromatic carbocycles. The van der Waals surface area contributed by atoms with Crippen molar-refractivity contribution in [1.82, 2.24) is 4.90 Å². The van der Waals surface area contributed by atoms with Gasteiger partial charge < -0.3 is 0 Å². The molecule has 1 aliphatic carbocycles. The lowest BCUT2D eigenvalue weighted by Crippen LogP contribution is -2.52. The Morgan fingerprint density at radius 2 is 1.67 bits per heavy atom. The molecule has 0 amide bonds. The molecule has 0 radical (unpaired) electrons. The Kier molecular flexibility index (Phi) is 3.21. The molecule has 0 bridgehead atoms. The van der Waals surface area contributed by atoms with Crippen molar-refractivity contribution in [3.05, 3.63) is 35.9 Å². The molecule has 0 aromatic heterocycles. The lowest BCUT2D eigenvalue weighted by atomic mass is 9.74. The van der Waals surface area contributed by atoms with Gasteiger partial charge in [-0.3, -0.25) is 9.69 Å². The highest BCUT2D eigenvalue weighted by molar-refractivity contribution is 5.90. The molecule has 18 heavy (non-hydrogen) atoms. The summed E-state index contributed by atoms with van der Waals surface area (Å²) in [5, 5.41) is 0. The van der Waals surface area contributed by atoms with Crippen LogP contribution in [0.5, 0.6) is 0 Å². The molecular weight excluding hydrogens is 222 g/mol. The first-order chi connectivity index (χ1) is 8.84. The molecule has 1 aromatic rings. The maximum Gasteiger partial charge on any atom is 0.157 e. The second-order valence-electron chi connectivity index (χ2n) is 5.55. The van der Waals surface area contributed by atoms with Gasteiger partial charge in [0.15, 0.2) is 5.78 Å². The van der Waals surface area contributed by atoms with Gasteiger partial charge in [-0.15, -0.1) is 0 Å². The van der Waals surface area contributed by atoms with E-state index in [1.54, 1.807) is 0 Å². The molecule has 1 heterocycles. The Morgan fingerprint density at radius 3 is 2.33 bits per heavy atom. The van der Waals surface area contributed by atoms with Crippen molar-refractivity contribution >= 4 is 5.78 Å². The smallest absolute Gasteiger partial charge is 0.157 e. The second kappa shape index (κ2) is 4.85. The van der Waals surface area contributed by atoms with Crippen LogP contribution < -0.4 is 0 Å². The summed E-state index contributed by atoms with van der Waals surface area (Å²) >= 11 is 0. The standard InChI is InChI=1S/C16H21NO/c18-15-10-4-5-11-16(15,17-12-6-7-13-17)14-8-2-1-3-9-14/h1-3,8-9H,4-7,10-13H2/t16-/m0/s1. The maximum absolute atomic E-state index is 12.7. The summed E-state index contributed by atoms with van der Waals surface area (Å²) in [6, 6.07) is 10.4. The third kappa shape index (κ3) is 1.79. The van der Waals surface area contributed by atoms with E-state index in [1.807, 2.05) is 6.07 Å². The molecule has 2 fully saturated rings. The zero-order chi connectivity index (χ0) is 12.4. The van der Waals surface area contributed by atoms with Crippen molar-refractivity contribution in [2.75, 3.05) is 13.1 Å². The van der Waals surface area contributed by atoms with Gasteiger partial charge in [-0.25, -0.2) is 0 Å². The van der Waals surface area contributed by atoms with Gasteiger partial charge in [0.05, 0.1) is 0 Å². The Morgan fingerprint density at radius 1 is 0.944 bits per heavy atom. The summed E-state index contributed by atoms with van der Waals surface area (Å²) in [6.45, 7) is 2.17. The summed E-state index contributed by atoms with van der Waals surface area (Å²) in [7, 11) is 0. The molecule has 1 atom stereocenters. The molecule has 2 aliphatic rings. The molecule has 2 nitrogen and oxygen atoms in total. The van der Waals surface area contributed by atoms with Crippen LogP contribution in [0.4, 0.5) is 0 Å². The molecule has 1 saturated heterocycles. The normalized spacial score (nSPS) is 29.7. The monoisotopic (exact) mass is 243 g/mol. The minimum atomic E-state index is -0.296. The van der Waals surface area contributed by atoms with Crippen LogP contribution in [-0.2, 0) is 10.3 Å². The van der Waals surface area contributed by atoms with E-state index in [2.05, 4.69) is 29.2 Å². The van der Waals surface area contributed by atoms with Crippen molar-refractivity contribution in [2.24, 2.45) is 0 Å². The van der Waals surface area contributed by atoms with Crippen LogP contribution in [0.1, 0.15) is 44.1 Å². The van der Waals surface area contributed by atoms with Gasteiger partial charge in [0.1, 0.15) is 5.54 Å². The number of carbonyl (C=O) groups is 1. The maximum atomic E-state index is 12.7. The van der Waals surface area contributed by atoms with Crippen LogP contribution in [0.3, 0.4) is 0 Å². The lowest BCUT2D eigenvalue weighted by molar-refractivity contribution is -0.134. The van der Waals surface area contributed by atoms with Crippen LogP contribution in [-0.4, -0.2) is 23.8 Å². The molecule has 96 valence electrons. The van der Waals surface area contributed by atoms with E-state index >= 15 is 0 Å². The Hall–Kier alpha value is -1.15. The van der Waals surface area contributed by atoms with E-state index in [4.69, 9.17) is 0 Å². The average Bonchev–Trinajstić information content (AvgIpc) is 2.95.